The zero-order chi connectivity index (χ0) is 18.9. The number of halogens is 3. The summed E-state index contributed by atoms with van der Waals surface area (Å²) in [5, 5.41) is 2.60. The number of amides is 3. The number of hydrogen-bond acceptors (Lipinski definition) is 3. The van der Waals surface area contributed by atoms with Crippen LogP contribution in [0.4, 0.5) is 13.2 Å². The van der Waals surface area contributed by atoms with Gasteiger partial charge in [0.05, 0.1) is 11.3 Å². The number of imide groups is 1. The number of carbonyl (C=O) groups is 3. The molecule has 0 radical (unpaired) electrons. The standard InChI is InChI=1S/C18H25F3N2O3/c19-18(20,21)12-5-4-6-13(9-12)22-14(24)11-23-15(25)10-17(16(23)26)7-2-1-3-8-17/h12-13H,1-11H2,(H,22,24)/t12-,13-/m0/s1. The van der Waals surface area contributed by atoms with E-state index >= 15 is 0 Å². The zero-order valence-electron chi connectivity index (χ0n) is 14.7. The fourth-order valence-electron chi connectivity index (χ4n) is 4.67. The fraction of sp³-hybridized carbons (Fsp3) is 0.833. The Morgan fingerprint density at radius 1 is 1.12 bits per heavy atom. The van der Waals surface area contributed by atoms with Crippen LogP contribution in [0.25, 0.3) is 0 Å². The van der Waals surface area contributed by atoms with Gasteiger partial charge in [0.15, 0.2) is 0 Å². The Morgan fingerprint density at radius 3 is 2.46 bits per heavy atom. The molecule has 1 N–H and O–H groups in total. The largest absolute Gasteiger partial charge is 0.391 e. The van der Waals surface area contributed by atoms with E-state index in [-0.39, 0.29) is 37.6 Å². The number of nitrogens with zero attached hydrogens (tertiary/aromatic N) is 1. The van der Waals surface area contributed by atoms with Gasteiger partial charge in [-0.05, 0) is 32.1 Å². The van der Waals surface area contributed by atoms with Gasteiger partial charge in [-0.3, -0.25) is 19.3 Å². The summed E-state index contributed by atoms with van der Waals surface area (Å²) >= 11 is 0. The molecule has 1 saturated heterocycles. The maximum atomic E-state index is 12.9. The Hall–Kier alpha value is -1.60. The van der Waals surface area contributed by atoms with Crippen LogP contribution in [0.15, 0.2) is 0 Å². The number of likely N-dealkylation sites (tertiary alicyclic amines) is 1. The summed E-state index contributed by atoms with van der Waals surface area (Å²) in [4.78, 5) is 38.2. The molecule has 3 fully saturated rings. The van der Waals surface area contributed by atoms with Crippen molar-refractivity contribution in [3.8, 4) is 0 Å². The predicted octanol–water partition coefficient (Wildman–Crippen LogP) is 2.93. The first-order valence-electron chi connectivity index (χ1n) is 9.42. The van der Waals surface area contributed by atoms with Gasteiger partial charge in [-0.1, -0.05) is 25.7 Å². The molecule has 3 rings (SSSR count). The highest BCUT2D eigenvalue weighted by atomic mass is 19.4. The molecule has 146 valence electrons. The van der Waals surface area contributed by atoms with Gasteiger partial charge in [0.2, 0.25) is 17.7 Å². The molecular weight excluding hydrogens is 349 g/mol. The molecule has 3 aliphatic rings. The number of nitrogens with one attached hydrogen (secondary N) is 1. The highest BCUT2D eigenvalue weighted by Gasteiger charge is 2.52. The molecule has 0 aromatic rings. The van der Waals surface area contributed by atoms with Gasteiger partial charge in [0.25, 0.3) is 0 Å². The molecule has 0 aromatic carbocycles. The monoisotopic (exact) mass is 374 g/mol. The van der Waals surface area contributed by atoms with Gasteiger partial charge in [-0.25, -0.2) is 0 Å². The minimum Gasteiger partial charge on any atom is -0.352 e. The number of rotatable bonds is 3. The van der Waals surface area contributed by atoms with Crippen LogP contribution in [0.2, 0.25) is 0 Å². The van der Waals surface area contributed by atoms with Gasteiger partial charge in [0.1, 0.15) is 6.54 Å². The Morgan fingerprint density at radius 2 is 1.81 bits per heavy atom. The Labute approximate surface area is 150 Å². The summed E-state index contributed by atoms with van der Waals surface area (Å²) < 4.78 is 38.6. The van der Waals surface area contributed by atoms with Crippen LogP contribution >= 0.6 is 0 Å². The lowest BCUT2D eigenvalue weighted by Crippen LogP contribution is -2.47. The van der Waals surface area contributed by atoms with Crippen molar-refractivity contribution < 1.29 is 27.6 Å². The molecule has 2 aliphatic carbocycles. The lowest BCUT2D eigenvalue weighted by atomic mass is 9.73. The second-order valence-corrected chi connectivity index (χ2v) is 7.97. The topological polar surface area (TPSA) is 66.5 Å². The summed E-state index contributed by atoms with van der Waals surface area (Å²) in [6, 6.07) is -0.556. The van der Waals surface area contributed by atoms with Crippen LogP contribution in [0, 0.1) is 11.3 Å². The third-order valence-corrected chi connectivity index (χ3v) is 6.10. The minimum absolute atomic E-state index is 0.0848. The van der Waals surface area contributed by atoms with Crippen molar-refractivity contribution in [2.75, 3.05) is 6.54 Å². The number of carbonyl (C=O) groups excluding carboxylic acids is 3. The molecule has 3 amide bonds. The highest BCUT2D eigenvalue weighted by molar-refractivity contribution is 6.08. The molecule has 5 nitrogen and oxygen atoms in total. The summed E-state index contributed by atoms with van der Waals surface area (Å²) in [6.45, 7) is -0.382. The Bertz CT molecular complexity index is 585. The smallest absolute Gasteiger partial charge is 0.352 e. The predicted molar refractivity (Wildman–Crippen MR) is 86.8 cm³/mol. The average molecular weight is 374 g/mol. The highest BCUT2D eigenvalue weighted by Crippen LogP contribution is 2.45. The lowest BCUT2D eigenvalue weighted by Gasteiger charge is -2.32. The number of alkyl halides is 3. The summed E-state index contributed by atoms with van der Waals surface area (Å²) in [5.41, 5.74) is -0.651. The molecule has 8 heteroatoms. The van der Waals surface area contributed by atoms with E-state index in [0.717, 1.165) is 24.2 Å². The van der Waals surface area contributed by atoms with Gasteiger partial charge < -0.3 is 5.32 Å². The fourth-order valence-corrected chi connectivity index (χ4v) is 4.67. The maximum absolute atomic E-state index is 12.9. The van der Waals surface area contributed by atoms with E-state index in [2.05, 4.69) is 5.32 Å². The third kappa shape index (κ3) is 3.88. The first-order valence-corrected chi connectivity index (χ1v) is 9.42. The summed E-state index contributed by atoms with van der Waals surface area (Å²) in [6.07, 6.45) is 0.936. The molecule has 1 aliphatic heterocycles. The molecule has 0 bridgehead atoms. The van der Waals surface area contributed by atoms with E-state index in [1.807, 2.05) is 0 Å². The van der Waals surface area contributed by atoms with Gasteiger partial charge in [0, 0.05) is 12.5 Å². The minimum atomic E-state index is -4.25. The van der Waals surface area contributed by atoms with E-state index in [4.69, 9.17) is 0 Å². The van der Waals surface area contributed by atoms with Gasteiger partial charge in [-0.15, -0.1) is 0 Å². The SMILES string of the molecule is O=C(CN1C(=O)CC2(CCCCC2)C1=O)N[C@H]1CCC[C@H](C(F)(F)F)C1. The van der Waals surface area contributed by atoms with Crippen molar-refractivity contribution in [3.05, 3.63) is 0 Å². The van der Waals surface area contributed by atoms with E-state index < -0.39 is 29.5 Å². The van der Waals surface area contributed by atoms with Crippen LogP contribution in [0.5, 0.6) is 0 Å². The number of hydrogen-bond donors (Lipinski definition) is 1. The van der Waals surface area contributed by atoms with Crippen LogP contribution in [0.1, 0.15) is 64.2 Å². The van der Waals surface area contributed by atoms with Crippen LogP contribution in [-0.2, 0) is 14.4 Å². The molecule has 1 heterocycles. The Balaban J connectivity index is 1.56. The van der Waals surface area contributed by atoms with Crippen molar-refractivity contribution in [3.63, 3.8) is 0 Å². The van der Waals surface area contributed by atoms with Gasteiger partial charge >= 0.3 is 6.18 Å². The van der Waals surface area contributed by atoms with Crippen molar-refractivity contribution in [2.24, 2.45) is 11.3 Å². The van der Waals surface area contributed by atoms with Crippen LogP contribution in [-0.4, -0.2) is 41.4 Å². The zero-order valence-corrected chi connectivity index (χ0v) is 14.7. The second kappa shape index (κ2) is 7.19. The van der Waals surface area contributed by atoms with Crippen molar-refractivity contribution in [1.29, 1.82) is 0 Å². The molecule has 1 spiro atoms. The summed E-state index contributed by atoms with van der Waals surface area (Å²) in [7, 11) is 0. The molecule has 2 atom stereocenters. The first-order chi connectivity index (χ1) is 12.2. The van der Waals surface area contributed by atoms with E-state index in [0.29, 0.717) is 25.7 Å². The second-order valence-electron chi connectivity index (χ2n) is 7.97. The lowest BCUT2D eigenvalue weighted by molar-refractivity contribution is -0.184. The van der Waals surface area contributed by atoms with Crippen molar-refractivity contribution in [1.82, 2.24) is 10.2 Å². The maximum Gasteiger partial charge on any atom is 0.391 e. The van der Waals surface area contributed by atoms with Crippen molar-refractivity contribution in [2.45, 2.75) is 76.4 Å². The summed E-state index contributed by atoms with van der Waals surface area (Å²) in [5.74, 6) is -2.58. The first kappa shape index (κ1) is 19.2. The van der Waals surface area contributed by atoms with E-state index in [1.54, 1.807) is 0 Å². The molecule has 0 aromatic heterocycles. The molecule has 2 saturated carbocycles. The molecule has 0 unspecified atom stereocenters. The quantitative estimate of drug-likeness (QED) is 0.773. The van der Waals surface area contributed by atoms with Crippen LogP contribution < -0.4 is 5.32 Å². The molecular formula is C18H25F3N2O3. The van der Waals surface area contributed by atoms with Crippen molar-refractivity contribution >= 4 is 17.7 Å². The van der Waals surface area contributed by atoms with E-state index in [9.17, 15) is 27.6 Å². The molecule has 26 heavy (non-hydrogen) atoms. The normalized spacial score (nSPS) is 29.3. The third-order valence-electron chi connectivity index (χ3n) is 6.10. The Kier molecular flexibility index (Phi) is 5.30. The van der Waals surface area contributed by atoms with Gasteiger partial charge in [-0.2, -0.15) is 13.2 Å². The van der Waals surface area contributed by atoms with Crippen LogP contribution in [0.3, 0.4) is 0 Å². The average Bonchev–Trinajstić information content (AvgIpc) is 2.79. The van der Waals surface area contributed by atoms with E-state index in [1.165, 1.54) is 0 Å².